The summed E-state index contributed by atoms with van der Waals surface area (Å²) in [5.74, 6) is 1.08. The van der Waals surface area contributed by atoms with Crippen LogP contribution in [0.4, 0.5) is 13.2 Å². The summed E-state index contributed by atoms with van der Waals surface area (Å²) in [5, 5.41) is 1.55. The Morgan fingerprint density at radius 1 is 0.400 bits per heavy atom. The van der Waals surface area contributed by atoms with E-state index in [-0.39, 0.29) is 0 Å². The van der Waals surface area contributed by atoms with Crippen molar-refractivity contribution in [3.8, 4) is 73.5 Å². The van der Waals surface area contributed by atoms with Gasteiger partial charge >= 0.3 is 6.18 Å². The molecule has 0 fully saturated rings. The number of rotatable bonds is 7. The van der Waals surface area contributed by atoms with E-state index >= 15 is 0 Å². The highest BCUT2D eigenvalue weighted by atomic mass is 19.4. The van der Waals surface area contributed by atoms with E-state index in [0.717, 1.165) is 56.0 Å². The topological polar surface area (TPSA) is 56.5 Å². The molecule has 0 bridgehead atoms. The zero-order chi connectivity index (χ0) is 40.8. The molecule has 0 aliphatic carbocycles. The van der Waals surface area contributed by atoms with E-state index in [1.165, 1.54) is 6.07 Å². The Bertz CT molecular complexity index is 3070. The predicted octanol–water partition coefficient (Wildman–Crippen LogP) is 13.7. The van der Waals surface area contributed by atoms with Crippen molar-refractivity contribution in [1.29, 1.82) is 0 Å². The molecule has 8 heteroatoms. The number of fused-ring (bicyclic) bond motifs is 3. The second-order valence-electron chi connectivity index (χ2n) is 14.7. The van der Waals surface area contributed by atoms with Crippen LogP contribution in [-0.4, -0.2) is 24.5 Å². The number of aromatic nitrogens is 5. The predicted molar refractivity (Wildman–Crippen MR) is 234 cm³/mol. The maximum Gasteiger partial charge on any atom is 0.416 e. The van der Waals surface area contributed by atoms with E-state index in [1.807, 2.05) is 181 Å². The zero-order valence-corrected chi connectivity index (χ0v) is 32.3. The molecule has 0 unspecified atom stereocenters. The minimum atomic E-state index is -4.54. The molecule has 3 heterocycles. The van der Waals surface area contributed by atoms with Gasteiger partial charge in [0, 0.05) is 44.2 Å². The van der Waals surface area contributed by atoms with Crippen LogP contribution in [0.3, 0.4) is 0 Å². The van der Waals surface area contributed by atoms with E-state index in [0.29, 0.717) is 50.9 Å². The molecule has 0 saturated heterocycles. The van der Waals surface area contributed by atoms with Gasteiger partial charge in [0.1, 0.15) is 0 Å². The third-order valence-electron chi connectivity index (χ3n) is 10.7. The Morgan fingerprint density at radius 2 is 0.850 bits per heavy atom. The number of nitrogens with zero attached hydrogens (tertiary/aromatic N) is 5. The van der Waals surface area contributed by atoms with Crippen molar-refractivity contribution in [2.75, 3.05) is 0 Å². The molecule has 5 nitrogen and oxygen atoms in total. The first-order valence-electron chi connectivity index (χ1n) is 19.5. The van der Waals surface area contributed by atoms with Gasteiger partial charge in [-0.05, 0) is 55.0 Å². The molecule has 0 aliphatic heterocycles. The normalized spacial score (nSPS) is 11.7. The lowest BCUT2D eigenvalue weighted by atomic mass is 9.99. The molecule has 0 saturated carbocycles. The van der Waals surface area contributed by atoms with Crippen molar-refractivity contribution in [3.05, 3.63) is 199 Å². The van der Waals surface area contributed by atoms with Crippen LogP contribution in [0.15, 0.2) is 188 Å². The lowest BCUT2D eigenvalue weighted by molar-refractivity contribution is -0.137. The van der Waals surface area contributed by atoms with Gasteiger partial charge in [-0.1, -0.05) is 146 Å². The van der Waals surface area contributed by atoms with E-state index in [9.17, 15) is 13.2 Å². The van der Waals surface area contributed by atoms with E-state index in [4.69, 9.17) is 19.9 Å². The lowest BCUT2D eigenvalue weighted by Crippen LogP contribution is -2.05. The maximum absolute atomic E-state index is 14.4. The number of hydrogen-bond acceptors (Lipinski definition) is 4. The molecule has 0 spiro atoms. The van der Waals surface area contributed by atoms with Crippen LogP contribution in [0.2, 0.25) is 0 Å². The van der Waals surface area contributed by atoms with Crippen LogP contribution >= 0.6 is 0 Å². The lowest BCUT2D eigenvalue weighted by Gasteiger charge is -2.18. The number of aryl methyl sites for hydroxylation is 1. The Hall–Kier alpha value is -7.71. The van der Waals surface area contributed by atoms with Gasteiger partial charge in [0.25, 0.3) is 0 Å². The van der Waals surface area contributed by atoms with Crippen molar-refractivity contribution in [3.63, 3.8) is 0 Å². The van der Waals surface area contributed by atoms with Crippen molar-refractivity contribution in [1.82, 2.24) is 24.5 Å². The molecule has 0 aliphatic rings. The summed E-state index contributed by atoms with van der Waals surface area (Å²) in [6.07, 6.45) is -4.54. The van der Waals surface area contributed by atoms with Crippen LogP contribution < -0.4 is 0 Å². The second kappa shape index (κ2) is 14.9. The van der Waals surface area contributed by atoms with E-state index in [1.54, 1.807) is 6.07 Å². The molecule has 3 aromatic heterocycles. The number of hydrogen-bond donors (Lipinski definition) is 0. The Labute approximate surface area is 344 Å². The highest BCUT2D eigenvalue weighted by Gasteiger charge is 2.31. The Balaban J connectivity index is 1.29. The minimum Gasteiger partial charge on any atom is -0.309 e. The smallest absolute Gasteiger partial charge is 0.309 e. The average molecular weight is 786 g/mol. The number of halogens is 3. The van der Waals surface area contributed by atoms with Gasteiger partial charge in [-0.15, -0.1) is 0 Å². The molecule has 288 valence electrons. The second-order valence-corrected chi connectivity index (χ2v) is 14.7. The first-order chi connectivity index (χ1) is 29.3. The van der Waals surface area contributed by atoms with Crippen molar-refractivity contribution in [2.45, 2.75) is 13.1 Å². The monoisotopic (exact) mass is 785 g/mol. The fraction of sp³-hybridized carbons (Fsp3) is 0.0385. The van der Waals surface area contributed by atoms with Crippen LogP contribution in [0.5, 0.6) is 0 Å². The first-order valence-corrected chi connectivity index (χ1v) is 19.5. The van der Waals surface area contributed by atoms with Crippen LogP contribution in [0.1, 0.15) is 11.1 Å². The van der Waals surface area contributed by atoms with Crippen LogP contribution in [0, 0.1) is 6.92 Å². The highest BCUT2D eigenvalue weighted by Crippen LogP contribution is 2.41. The van der Waals surface area contributed by atoms with Gasteiger partial charge in [0.2, 0.25) is 0 Å². The summed E-state index contributed by atoms with van der Waals surface area (Å²) in [5.41, 5.74) is 9.82. The summed E-state index contributed by atoms with van der Waals surface area (Å²) >= 11 is 0. The third-order valence-corrected chi connectivity index (χ3v) is 10.7. The SMILES string of the molecule is Cc1ccc2c3ccc(C(F)(F)F)cc3n(-c3ccc(-c4cc(-c5ccccc5)nc(-c5ccccc5)n4)cc3-c3cc(-c4ccccc4)nc(-c4ccccc4)n3)c2c1. The molecule has 7 aromatic carbocycles. The quantitative estimate of drug-likeness (QED) is 0.161. The fourth-order valence-corrected chi connectivity index (χ4v) is 7.79. The summed E-state index contributed by atoms with van der Waals surface area (Å²) < 4.78 is 45.2. The molecule has 10 aromatic rings. The Morgan fingerprint density at radius 3 is 1.38 bits per heavy atom. The molecule has 10 rings (SSSR count). The van der Waals surface area contributed by atoms with E-state index < -0.39 is 11.7 Å². The van der Waals surface area contributed by atoms with Crippen molar-refractivity contribution in [2.24, 2.45) is 0 Å². The van der Waals surface area contributed by atoms with Crippen molar-refractivity contribution >= 4 is 21.8 Å². The summed E-state index contributed by atoms with van der Waals surface area (Å²) in [6.45, 7) is 1.99. The number of alkyl halides is 3. The molecule has 0 radical (unpaired) electrons. The van der Waals surface area contributed by atoms with Gasteiger partial charge in [0.05, 0.1) is 45.1 Å². The van der Waals surface area contributed by atoms with Gasteiger partial charge in [-0.3, -0.25) is 0 Å². The fourth-order valence-electron chi connectivity index (χ4n) is 7.79. The third kappa shape index (κ3) is 6.88. The summed E-state index contributed by atoms with van der Waals surface area (Å²) in [7, 11) is 0. The van der Waals surface area contributed by atoms with Gasteiger partial charge in [0.15, 0.2) is 11.6 Å². The van der Waals surface area contributed by atoms with Crippen molar-refractivity contribution < 1.29 is 13.2 Å². The minimum absolute atomic E-state index is 0.430. The maximum atomic E-state index is 14.4. The molecule has 60 heavy (non-hydrogen) atoms. The first kappa shape index (κ1) is 36.6. The van der Waals surface area contributed by atoms with Gasteiger partial charge < -0.3 is 4.57 Å². The summed E-state index contributed by atoms with van der Waals surface area (Å²) in [6, 6.07) is 59.4. The summed E-state index contributed by atoms with van der Waals surface area (Å²) in [4.78, 5) is 20.4. The van der Waals surface area contributed by atoms with Crippen LogP contribution in [0.25, 0.3) is 95.3 Å². The molecular formula is C52H34F3N5. The Kier molecular flexibility index (Phi) is 9.10. The molecule has 0 N–H and O–H groups in total. The number of benzene rings is 7. The molecular weight excluding hydrogens is 752 g/mol. The largest absolute Gasteiger partial charge is 0.416 e. The van der Waals surface area contributed by atoms with Crippen LogP contribution in [-0.2, 0) is 6.18 Å². The average Bonchev–Trinajstić information content (AvgIpc) is 3.62. The highest BCUT2D eigenvalue weighted by molar-refractivity contribution is 6.10. The standard InChI is InChI=1S/C52H34F3N5/c1-33-22-25-40-41-26-24-39(52(53,54)55)30-49(41)60(48(40)28-33)47-27-23-38(45-31-43(34-14-6-2-7-15-34)56-50(58-45)36-18-10-4-11-19-36)29-42(47)46-32-44(35-16-8-3-9-17-35)57-51(59-46)37-20-12-5-13-21-37/h2-32H,1H3. The zero-order valence-electron chi connectivity index (χ0n) is 32.3. The molecule has 0 amide bonds. The van der Waals surface area contributed by atoms with E-state index in [2.05, 4.69) is 0 Å². The van der Waals surface area contributed by atoms with Gasteiger partial charge in [-0.25, -0.2) is 19.9 Å². The molecule has 0 atom stereocenters. The van der Waals surface area contributed by atoms with Gasteiger partial charge in [-0.2, -0.15) is 13.2 Å².